The van der Waals surface area contributed by atoms with Crippen LogP contribution in [0.4, 0.5) is 5.82 Å². The summed E-state index contributed by atoms with van der Waals surface area (Å²) in [6, 6.07) is 8.24. The lowest BCUT2D eigenvalue weighted by Crippen LogP contribution is -2.42. The number of aliphatic hydroxyl groups is 2. The molecule has 3 heterocycles. The lowest BCUT2D eigenvalue weighted by atomic mass is 10.1. The van der Waals surface area contributed by atoms with Gasteiger partial charge in [-0.05, 0) is 24.3 Å². The summed E-state index contributed by atoms with van der Waals surface area (Å²) in [4.78, 5) is 33.1. The van der Waals surface area contributed by atoms with Crippen LogP contribution in [0.1, 0.15) is 29.1 Å². The van der Waals surface area contributed by atoms with E-state index in [-0.39, 0.29) is 24.8 Å². The van der Waals surface area contributed by atoms with Crippen molar-refractivity contribution in [1.82, 2.24) is 19.4 Å². The van der Waals surface area contributed by atoms with Crippen molar-refractivity contribution in [3.63, 3.8) is 0 Å². The molecule has 0 bridgehead atoms. The number of hydrogen-bond acceptors (Lipinski definition) is 8. The highest BCUT2D eigenvalue weighted by atomic mass is 16.6. The van der Waals surface area contributed by atoms with Gasteiger partial charge in [0.15, 0.2) is 6.23 Å². The number of fused-ring (bicyclic) bond motifs is 1. The van der Waals surface area contributed by atoms with E-state index in [4.69, 9.17) is 16.2 Å². The van der Waals surface area contributed by atoms with Gasteiger partial charge < -0.3 is 35.9 Å². The van der Waals surface area contributed by atoms with Crippen molar-refractivity contribution < 1.29 is 24.5 Å². The average molecular weight is 464 g/mol. The molecule has 1 fully saturated rings. The number of nitrogen functional groups attached to an aromatic ring is 1. The second-order valence-electron chi connectivity index (χ2n) is 7.91. The number of nitrogens with zero attached hydrogens (tertiary/aromatic N) is 4. The molecule has 3 aromatic rings. The van der Waals surface area contributed by atoms with Crippen LogP contribution in [0, 0.1) is 11.8 Å². The SMILES string of the molecule is CC(=O)N(CC#Cc1cccc(C(N)=O)c1)C[C@H]1O[C@@H](n2ccc3c(N)ncnc32)[C@H](O)[C@@H]1O. The Bertz CT molecular complexity index is 1300. The van der Waals surface area contributed by atoms with Crippen LogP contribution in [0.15, 0.2) is 42.9 Å². The molecule has 0 radical (unpaired) electrons. The van der Waals surface area contributed by atoms with Crippen molar-refractivity contribution >= 4 is 28.7 Å². The Morgan fingerprint density at radius 1 is 1.24 bits per heavy atom. The molecular weight excluding hydrogens is 440 g/mol. The molecule has 4 rings (SSSR count). The zero-order chi connectivity index (χ0) is 24.4. The monoisotopic (exact) mass is 464 g/mol. The number of carbonyl (C=O) groups excluding carboxylic acids is 2. The number of primary amides is 1. The van der Waals surface area contributed by atoms with E-state index in [0.29, 0.717) is 22.2 Å². The first-order chi connectivity index (χ1) is 16.3. The second-order valence-corrected chi connectivity index (χ2v) is 7.91. The Kier molecular flexibility index (Phi) is 6.47. The van der Waals surface area contributed by atoms with E-state index in [1.165, 1.54) is 18.2 Å². The lowest BCUT2D eigenvalue weighted by Gasteiger charge is -2.24. The molecule has 6 N–H and O–H groups in total. The lowest BCUT2D eigenvalue weighted by molar-refractivity contribution is -0.131. The summed E-state index contributed by atoms with van der Waals surface area (Å²) in [6.07, 6.45) is -1.34. The number of aliphatic hydroxyl groups excluding tert-OH is 2. The fourth-order valence-corrected chi connectivity index (χ4v) is 3.81. The van der Waals surface area contributed by atoms with Gasteiger partial charge in [0, 0.05) is 24.2 Å². The molecule has 1 saturated heterocycles. The van der Waals surface area contributed by atoms with Crippen LogP contribution >= 0.6 is 0 Å². The zero-order valence-electron chi connectivity index (χ0n) is 18.3. The second kappa shape index (κ2) is 9.48. The first kappa shape index (κ1) is 23.2. The van der Waals surface area contributed by atoms with Crippen LogP contribution in [-0.4, -0.2) is 72.9 Å². The number of nitrogens with two attached hydrogens (primary N) is 2. The minimum Gasteiger partial charge on any atom is -0.387 e. The van der Waals surface area contributed by atoms with E-state index in [1.54, 1.807) is 41.1 Å². The number of amides is 2. The number of benzene rings is 1. The molecule has 2 aromatic heterocycles. The van der Waals surface area contributed by atoms with E-state index in [1.807, 2.05) is 0 Å². The maximum atomic E-state index is 12.2. The van der Waals surface area contributed by atoms with Crippen molar-refractivity contribution in [2.45, 2.75) is 31.5 Å². The van der Waals surface area contributed by atoms with Crippen LogP contribution in [-0.2, 0) is 9.53 Å². The van der Waals surface area contributed by atoms with E-state index >= 15 is 0 Å². The minimum atomic E-state index is -1.26. The number of carbonyl (C=O) groups is 2. The molecule has 11 heteroatoms. The van der Waals surface area contributed by atoms with Crippen molar-refractivity contribution in [2.24, 2.45) is 5.73 Å². The highest BCUT2D eigenvalue weighted by Crippen LogP contribution is 2.33. The van der Waals surface area contributed by atoms with E-state index in [0.717, 1.165) is 0 Å². The predicted molar refractivity (Wildman–Crippen MR) is 122 cm³/mol. The molecule has 0 saturated carbocycles. The van der Waals surface area contributed by atoms with Crippen molar-refractivity contribution in [3.05, 3.63) is 54.0 Å². The normalized spacial score (nSPS) is 21.7. The minimum absolute atomic E-state index is 0.0103. The highest BCUT2D eigenvalue weighted by molar-refractivity contribution is 5.93. The van der Waals surface area contributed by atoms with E-state index in [9.17, 15) is 19.8 Å². The van der Waals surface area contributed by atoms with E-state index in [2.05, 4.69) is 21.8 Å². The van der Waals surface area contributed by atoms with E-state index < -0.39 is 30.4 Å². The van der Waals surface area contributed by atoms with Crippen LogP contribution < -0.4 is 11.5 Å². The van der Waals surface area contributed by atoms with Crippen LogP contribution in [0.25, 0.3) is 11.0 Å². The van der Waals surface area contributed by atoms with Gasteiger partial charge in [0.2, 0.25) is 11.8 Å². The molecule has 4 atom stereocenters. The molecule has 11 nitrogen and oxygen atoms in total. The van der Waals surface area contributed by atoms with Gasteiger partial charge in [0.1, 0.15) is 36.1 Å². The van der Waals surface area contributed by atoms with Gasteiger partial charge in [0.25, 0.3) is 0 Å². The Balaban J connectivity index is 1.48. The van der Waals surface area contributed by atoms with Crippen molar-refractivity contribution in [2.75, 3.05) is 18.8 Å². The van der Waals surface area contributed by atoms with Gasteiger partial charge in [-0.25, -0.2) is 9.97 Å². The smallest absolute Gasteiger partial charge is 0.248 e. The maximum Gasteiger partial charge on any atom is 0.248 e. The van der Waals surface area contributed by atoms with Crippen molar-refractivity contribution in [1.29, 1.82) is 0 Å². The summed E-state index contributed by atoms with van der Waals surface area (Å²) in [7, 11) is 0. The molecule has 34 heavy (non-hydrogen) atoms. The van der Waals surface area contributed by atoms with Gasteiger partial charge in [0.05, 0.1) is 18.5 Å². The summed E-state index contributed by atoms with van der Waals surface area (Å²) >= 11 is 0. The molecule has 1 aromatic carbocycles. The van der Waals surface area contributed by atoms with Crippen molar-refractivity contribution in [3.8, 4) is 11.8 Å². The van der Waals surface area contributed by atoms with Gasteiger partial charge in [-0.3, -0.25) is 9.59 Å². The largest absolute Gasteiger partial charge is 0.387 e. The Labute approximate surface area is 195 Å². The molecule has 1 aliphatic heterocycles. The number of anilines is 1. The highest BCUT2D eigenvalue weighted by Gasteiger charge is 2.44. The fourth-order valence-electron chi connectivity index (χ4n) is 3.81. The Morgan fingerprint density at radius 2 is 2.03 bits per heavy atom. The first-order valence-corrected chi connectivity index (χ1v) is 10.5. The summed E-state index contributed by atoms with van der Waals surface area (Å²) < 4.78 is 7.51. The molecule has 0 unspecified atom stereocenters. The number of ether oxygens (including phenoxy) is 1. The Hall–Kier alpha value is -3.98. The quantitative estimate of drug-likeness (QED) is 0.371. The zero-order valence-corrected chi connectivity index (χ0v) is 18.3. The molecule has 176 valence electrons. The number of hydrogen-bond donors (Lipinski definition) is 4. The van der Waals surface area contributed by atoms with Crippen LogP contribution in [0.5, 0.6) is 0 Å². The molecule has 0 spiro atoms. The molecular formula is C23H24N6O5. The fraction of sp³-hybridized carbons (Fsp3) is 0.304. The molecule has 0 aliphatic carbocycles. The summed E-state index contributed by atoms with van der Waals surface area (Å²) in [5, 5.41) is 21.8. The third-order valence-electron chi connectivity index (χ3n) is 5.65. The van der Waals surface area contributed by atoms with Gasteiger partial charge in [-0.2, -0.15) is 0 Å². The molecule has 1 aliphatic rings. The Morgan fingerprint density at radius 3 is 2.76 bits per heavy atom. The van der Waals surface area contributed by atoms with Crippen LogP contribution in [0.3, 0.4) is 0 Å². The van der Waals surface area contributed by atoms with Gasteiger partial charge >= 0.3 is 0 Å². The standard InChI is InChI=1S/C23H24N6O5/c1-13(30)28(8-3-5-14-4-2-6-15(10-14)21(25)33)11-17-18(31)19(32)23(34-17)29-9-7-16-20(24)26-12-27-22(16)29/h2,4,6-7,9-10,12,17-19,23,31-32H,8,11H2,1H3,(H2,25,33)(H2,24,26,27)/t17-,18-,19-,23-/m1/s1. The maximum absolute atomic E-state index is 12.2. The summed E-state index contributed by atoms with van der Waals surface area (Å²) in [5.74, 6) is 5.23. The third kappa shape index (κ3) is 4.55. The number of rotatable bonds is 5. The summed E-state index contributed by atoms with van der Waals surface area (Å²) in [5.41, 5.74) is 12.5. The number of aromatic nitrogens is 3. The third-order valence-corrected chi connectivity index (χ3v) is 5.65. The molecule has 2 amide bonds. The average Bonchev–Trinajstić information content (AvgIpc) is 3.35. The van der Waals surface area contributed by atoms with Gasteiger partial charge in [-0.1, -0.05) is 17.9 Å². The van der Waals surface area contributed by atoms with Gasteiger partial charge in [-0.15, -0.1) is 0 Å². The topological polar surface area (TPSA) is 170 Å². The summed E-state index contributed by atoms with van der Waals surface area (Å²) in [6.45, 7) is 1.44. The predicted octanol–water partition coefficient (Wildman–Crippen LogP) is -0.368. The first-order valence-electron chi connectivity index (χ1n) is 10.5. The van der Waals surface area contributed by atoms with Crippen LogP contribution in [0.2, 0.25) is 0 Å².